The maximum atomic E-state index is 12.8. The van der Waals surface area contributed by atoms with Crippen LogP contribution in [-0.4, -0.2) is 23.6 Å². The zero-order chi connectivity index (χ0) is 24.0. The van der Waals surface area contributed by atoms with Crippen LogP contribution in [0.1, 0.15) is 33.2 Å². The number of thiocarbonyl (C=S) groups is 1. The molecule has 0 radical (unpaired) electrons. The lowest BCUT2D eigenvalue weighted by atomic mass is 10.1. The van der Waals surface area contributed by atoms with Crippen LogP contribution in [0.25, 0.3) is 0 Å². The molecule has 5 nitrogen and oxygen atoms in total. The van der Waals surface area contributed by atoms with Gasteiger partial charge in [0.2, 0.25) is 0 Å². The Labute approximate surface area is 215 Å². The summed E-state index contributed by atoms with van der Waals surface area (Å²) in [6.45, 7) is 2.30. The number of nitrogens with one attached hydrogen (secondary N) is 1. The molecule has 0 bridgehead atoms. The first-order valence-electron chi connectivity index (χ1n) is 9.88. The number of hydrogen-bond donors (Lipinski definition) is 1. The van der Waals surface area contributed by atoms with Crippen molar-refractivity contribution in [3.05, 3.63) is 97.9 Å². The molecule has 0 spiro atoms. The van der Waals surface area contributed by atoms with Crippen LogP contribution < -0.4 is 10.2 Å². The Morgan fingerprint density at radius 1 is 1.03 bits per heavy atom. The van der Waals surface area contributed by atoms with Crippen molar-refractivity contribution < 1.29 is 14.3 Å². The Kier molecular flexibility index (Phi) is 8.86. The van der Waals surface area contributed by atoms with E-state index in [2.05, 4.69) is 21.2 Å². The van der Waals surface area contributed by atoms with Crippen LogP contribution in [0.3, 0.4) is 0 Å². The molecule has 3 aromatic carbocycles. The van der Waals surface area contributed by atoms with Gasteiger partial charge in [0.15, 0.2) is 5.11 Å². The molecule has 3 aromatic rings. The first kappa shape index (κ1) is 25.2. The largest absolute Gasteiger partial charge is 0.462 e. The Morgan fingerprint density at radius 3 is 2.39 bits per heavy atom. The molecule has 1 N–H and O–H groups in total. The van der Waals surface area contributed by atoms with Gasteiger partial charge in [-0.15, -0.1) is 0 Å². The Morgan fingerprint density at radius 2 is 1.76 bits per heavy atom. The smallest absolute Gasteiger partial charge is 0.338 e. The third-order valence-electron chi connectivity index (χ3n) is 4.59. The number of amides is 1. The van der Waals surface area contributed by atoms with Crippen molar-refractivity contribution >= 4 is 74.0 Å². The third kappa shape index (κ3) is 6.77. The van der Waals surface area contributed by atoms with Gasteiger partial charge in [-0.05, 0) is 79.3 Å². The third-order valence-corrected chi connectivity index (χ3v) is 5.99. The summed E-state index contributed by atoms with van der Waals surface area (Å²) in [7, 11) is 0. The van der Waals surface area contributed by atoms with E-state index in [4.69, 9.17) is 40.2 Å². The Bertz CT molecular complexity index is 1190. The number of carbonyl (C=O) groups is 2. The molecule has 0 heterocycles. The van der Waals surface area contributed by atoms with Gasteiger partial charge >= 0.3 is 5.97 Å². The lowest BCUT2D eigenvalue weighted by Crippen LogP contribution is -2.42. The van der Waals surface area contributed by atoms with Gasteiger partial charge in [0.1, 0.15) is 0 Å². The van der Waals surface area contributed by atoms with Gasteiger partial charge in [-0.3, -0.25) is 10.1 Å². The summed E-state index contributed by atoms with van der Waals surface area (Å²) in [5, 5.41) is 3.93. The number of rotatable bonds is 6. The van der Waals surface area contributed by atoms with Crippen molar-refractivity contribution in [2.45, 2.75) is 13.5 Å². The van der Waals surface area contributed by atoms with Crippen LogP contribution in [0.4, 0.5) is 5.69 Å². The minimum atomic E-state index is -0.415. The highest BCUT2D eigenvalue weighted by Crippen LogP contribution is 2.25. The zero-order valence-electron chi connectivity index (χ0n) is 17.5. The predicted octanol–water partition coefficient (Wildman–Crippen LogP) is 6.65. The number of hydrogen-bond acceptors (Lipinski definition) is 4. The molecule has 0 fully saturated rings. The number of halogens is 3. The van der Waals surface area contributed by atoms with E-state index in [1.807, 2.05) is 6.07 Å². The Balaban J connectivity index is 1.89. The topological polar surface area (TPSA) is 58.6 Å². The monoisotopic (exact) mass is 564 g/mol. The van der Waals surface area contributed by atoms with Crippen LogP contribution in [0, 0.1) is 0 Å². The van der Waals surface area contributed by atoms with E-state index >= 15 is 0 Å². The molecule has 0 aromatic heterocycles. The average molecular weight is 566 g/mol. The highest BCUT2D eigenvalue weighted by Gasteiger charge is 2.19. The molecular weight excluding hydrogens is 547 g/mol. The maximum absolute atomic E-state index is 12.8. The summed E-state index contributed by atoms with van der Waals surface area (Å²) in [5.41, 5.74) is 2.28. The van der Waals surface area contributed by atoms with Gasteiger partial charge in [0, 0.05) is 25.8 Å². The number of ether oxygens (including phenoxy) is 1. The quantitative estimate of drug-likeness (QED) is 0.268. The van der Waals surface area contributed by atoms with Crippen molar-refractivity contribution in [2.75, 3.05) is 11.5 Å². The summed E-state index contributed by atoms with van der Waals surface area (Å²) in [4.78, 5) is 26.5. The molecule has 0 aliphatic heterocycles. The van der Waals surface area contributed by atoms with E-state index in [1.165, 1.54) is 0 Å². The fraction of sp³-hybridized carbons (Fsp3) is 0.125. The summed E-state index contributed by atoms with van der Waals surface area (Å²) < 4.78 is 5.82. The normalized spacial score (nSPS) is 10.4. The van der Waals surface area contributed by atoms with Gasteiger partial charge < -0.3 is 9.64 Å². The van der Waals surface area contributed by atoms with Gasteiger partial charge in [0.25, 0.3) is 5.91 Å². The van der Waals surface area contributed by atoms with Crippen molar-refractivity contribution in [2.24, 2.45) is 0 Å². The lowest BCUT2D eigenvalue weighted by Gasteiger charge is -2.26. The van der Waals surface area contributed by atoms with Crippen LogP contribution in [0.5, 0.6) is 0 Å². The van der Waals surface area contributed by atoms with E-state index in [0.717, 1.165) is 10.0 Å². The molecule has 170 valence electrons. The minimum absolute atomic E-state index is 0.176. The minimum Gasteiger partial charge on any atom is -0.462 e. The summed E-state index contributed by atoms with van der Waals surface area (Å²) in [6, 6.07) is 18.9. The fourth-order valence-corrected chi connectivity index (χ4v) is 4.09. The second kappa shape index (κ2) is 11.6. The molecule has 0 saturated heterocycles. The molecule has 0 saturated carbocycles. The molecule has 0 atom stereocenters. The molecule has 1 amide bonds. The highest BCUT2D eigenvalue weighted by molar-refractivity contribution is 9.10. The van der Waals surface area contributed by atoms with Crippen LogP contribution in [0.2, 0.25) is 10.0 Å². The van der Waals surface area contributed by atoms with E-state index in [-0.39, 0.29) is 24.2 Å². The molecule has 0 aliphatic carbocycles. The predicted molar refractivity (Wildman–Crippen MR) is 139 cm³/mol. The number of esters is 1. The van der Waals surface area contributed by atoms with Crippen molar-refractivity contribution in [1.29, 1.82) is 0 Å². The van der Waals surface area contributed by atoms with Crippen molar-refractivity contribution in [1.82, 2.24) is 5.32 Å². The summed E-state index contributed by atoms with van der Waals surface area (Å²) in [5.74, 6) is -0.765. The number of benzene rings is 3. The van der Waals surface area contributed by atoms with Gasteiger partial charge in [-0.25, -0.2) is 4.79 Å². The Hall–Kier alpha value is -2.45. The highest BCUT2D eigenvalue weighted by atomic mass is 79.9. The summed E-state index contributed by atoms with van der Waals surface area (Å²) in [6.07, 6.45) is 0. The van der Waals surface area contributed by atoms with E-state index in [0.29, 0.717) is 26.9 Å². The molecule has 3 rings (SSSR count). The van der Waals surface area contributed by atoms with Crippen molar-refractivity contribution in [3.63, 3.8) is 0 Å². The first-order valence-corrected chi connectivity index (χ1v) is 11.8. The van der Waals surface area contributed by atoms with E-state index < -0.39 is 5.97 Å². The second-order valence-corrected chi connectivity index (χ2v) is 9.00. The molecule has 33 heavy (non-hydrogen) atoms. The van der Waals surface area contributed by atoms with Crippen LogP contribution >= 0.6 is 51.3 Å². The summed E-state index contributed by atoms with van der Waals surface area (Å²) >= 11 is 21.4. The first-order chi connectivity index (χ1) is 15.8. The second-order valence-electron chi connectivity index (χ2n) is 6.86. The van der Waals surface area contributed by atoms with E-state index in [9.17, 15) is 9.59 Å². The zero-order valence-corrected chi connectivity index (χ0v) is 21.4. The average Bonchev–Trinajstić information content (AvgIpc) is 2.79. The molecule has 0 unspecified atom stereocenters. The molecular formula is C24H19BrCl2N2O3S. The van der Waals surface area contributed by atoms with Crippen LogP contribution in [0.15, 0.2) is 71.2 Å². The standard InChI is InChI=1S/C24H19BrCl2N2O3S/c1-2-32-23(31)15-7-10-20(11-8-15)29(14-17-6-9-19(26)13-21(17)27)24(33)28-22(30)16-4-3-5-18(25)12-16/h3-13H,2,14H2,1H3,(H,28,30,33). The van der Waals surface area contributed by atoms with Crippen LogP contribution in [-0.2, 0) is 11.3 Å². The lowest BCUT2D eigenvalue weighted by molar-refractivity contribution is 0.0526. The maximum Gasteiger partial charge on any atom is 0.338 e. The number of nitrogens with zero attached hydrogens (tertiary/aromatic N) is 1. The van der Waals surface area contributed by atoms with Gasteiger partial charge in [-0.1, -0.05) is 51.3 Å². The SMILES string of the molecule is CCOC(=O)c1ccc(N(Cc2ccc(Cl)cc2Cl)C(=S)NC(=O)c2cccc(Br)c2)cc1. The van der Waals surface area contributed by atoms with Gasteiger partial charge in [0.05, 0.1) is 18.7 Å². The fourth-order valence-electron chi connectivity index (χ4n) is 2.96. The van der Waals surface area contributed by atoms with Gasteiger partial charge in [-0.2, -0.15) is 0 Å². The van der Waals surface area contributed by atoms with E-state index in [1.54, 1.807) is 72.5 Å². The molecule has 0 aliphatic rings. The number of carbonyl (C=O) groups excluding carboxylic acids is 2. The van der Waals surface area contributed by atoms with Crippen molar-refractivity contribution in [3.8, 4) is 0 Å². The number of anilines is 1. The molecule has 9 heteroatoms.